The van der Waals surface area contributed by atoms with E-state index >= 15 is 0 Å². The van der Waals surface area contributed by atoms with Crippen molar-refractivity contribution in [3.8, 4) is 0 Å². The maximum absolute atomic E-state index is 13.2. The maximum atomic E-state index is 13.2. The minimum atomic E-state index is -4.39. The number of pyridine rings is 1. The lowest BCUT2D eigenvalue weighted by Gasteiger charge is -2.13. The van der Waals surface area contributed by atoms with Gasteiger partial charge in [0.05, 0.1) is 11.7 Å². The number of benzene rings is 1. The van der Waals surface area contributed by atoms with E-state index in [4.69, 9.17) is 20.6 Å². The van der Waals surface area contributed by atoms with E-state index in [0.717, 1.165) is 0 Å². The minimum absolute atomic E-state index is 0.156. The molecule has 0 radical (unpaired) electrons. The number of carboxylic acid groups (broad SMARTS) is 1. The quantitative estimate of drug-likeness (QED) is 0.602. The third-order valence-electron chi connectivity index (χ3n) is 3.05. The molecular weight excluding hydrogens is 314 g/mol. The first-order valence-corrected chi connectivity index (χ1v) is 8.06. The van der Waals surface area contributed by atoms with E-state index in [9.17, 15) is 13.8 Å². The lowest BCUT2D eigenvalue weighted by molar-refractivity contribution is -0.138. The summed E-state index contributed by atoms with van der Waals surface area (Å²) in [4.78, 5) is 33.3. The molecule has 1 aromatic heterocycles. The SMILES string of the molecule is N[C@H](Cc1nc2ccc(F)cc2cc1CP(=O)(O)O)C(=O)O. The van der Waals surface area contributed by atoms with Gasteiger partial charge in [-0.3, -0.25) is 14.3 Å². The van der Waals surface area contributed by atoms with Crippen molar-refractivity contribution in [3.63, 3.8) is 0 Å². The average molecular weight is 328 g/mol. The number of nitrogens with zero attached hydrogens (tertiary/aromatic N) is 1. The van der Waals surface area contributed by atoms with Crippen LogP contribution in [-0.2, 0) is 21.9 Å². The zero-order chi connectivity index (χ0) is 16.5. The fourth-order valence-corrected chi connectivity index (χ4v) is 2.78. The van der Waals surface area contributed by atoms with Crippen LogP contribution in [0.2, 0.25) is 0 Å². The van der Waals surface area contributed by atoms with E-state index in [1.165, 1.54) is 24.3 Å². The van der Waals surface area contributed by atoms with Gasteiger partial charge in [0.25, 0.3) is 0 Å². The molecule has 1 atom stereocenters. The molecule has 0 saturated carbocycles. The molecule has 0 saturated heterocycles. The first kappa shape index (κ1) is 16.5. The fourth-order valence-electron chi connectivity index (χ4n) is 2.06. The van der Waals surface area contributed by atoms with Gasteiger partial charge in [0.2, 0.25) is 0 Å². The Morgan fingerprint density at radius 2 is 2.05 bits per heavy atom. The summed E-state index contributed by atoms with van der Waals surface area (Å²) in [6.45, 7) is 0. The zero-order valence-electron chi connectivity index (χ0n) is 11.3. The number of halogens is 1. The molecule has 118 valence electrons. The van der Waals surface area contributed by atoms with Crippen LogP contribution in [0.3, 0.4) is 0 Å². The number of aromatic nitrogens is 1. The Morgan fingerprint density at radius 1 is 1.36 bits per heavy atom. The highest BCUT2D eigenvalue weighted by Crippen LogP contribution is 2.40. The predicted molar refractivity (Wildman–Crippen MR) is 76.8 cm³/mol. The second kappa shape index (κ2) is 6.10. The molecule has 2 aromatic rings. The number of hydrogen-bond donors (Lipinski definition) is 4. The van der Waals surface area contributed by atoms with Gasteiger partial charge < -0.3 is 20.6 Å². The van der Waals surface area contributed by atoms with Crippen molar-refractivity contribution >= 4 is 24.5 Å². The maximum Gasteiger partial charge on any atom is 0.329 e. The molecular formula is C13H14FN2O5P. The third kappa shape index (κ3) is 4.08. The smallest absolute Gasteiger partial charge is 0.329 e. The molecule has 0 aliphatic carbocycles. The molecule has 7 nitrogen and oxygen atoms in total. The van der Waals surface area contributed by atoms with Crippen LogP contribution in [0.15, 0.2) is 24.3 Å². The normalized spacial score (nSPS) is 13.3. The number of hydrogen-bond acceptors (Lipinski definition) is 4. The topological polar surface area (TPSA) is 134 Å². The molecule has 0 aliphatic rings. The van der Waals surface area contributed by atoms with Gasteiger partial charge >= 0.3 is 13.6 Å². The Balaban J connectivity index is 2.54. The van der Waals surface area contributed by atoms with Crippen molar-refractivity contribution in [2.75, 3.05) is 0 Å². The molecule has 0 spiro atoms. The van der Waals surface area contributed by atoms with Crippen molar-refractivity contribution in [1.82, 2.24) is 4.98 Å². The van der Waals surface area contributed by atoms with Gasteiger partial charge in [-0.05, 0) is 29.8 Å². The molecule has 0 aliphatic heterocycles. The molecule has 9 heteroatoms. The number of carbonyl (C=O) groups is 1. The highest BCUT2D eigenvalue weighted by atomic mass is 31.2. The molecule has 2 rings (SSSR count). The number of aliphatic carboxylic acids is 1. The standard InChI is InChI=1S/C13H14FN2O5P/c14-9-1-2-11-7(4-9)3-8(6-22(19,20)21)12(16-11)5-10(15)13(17)18/h1-4,10H,5-6,15H2,(H,17,18)(H2,19,20,21)/t10-/m1/s1. The summed E-state index contributed by atoms with van der Waals surface area (Å²) in [6, 6.07) is 3.93. The summed E-state index contributed by atoms with van der Waals surface area (Å²) >= 11 is 0. The Hall–Kier alpha value is -1.86. The molecule has 0 bridgehead atoms. The van der Waals surface area contributed by atoms with E-state index in [1.807, 2.05) is 0 Å². The van der Waals surface area contributed by atoms with Crippen LogP contribution in [0.5, 0.6) is 0 Å². The monoisotopic (exact) mass is 328 g/mol. The first-order valence-electron chi connectivity index (χ1n) is 6.27. The van der Waals surface area contributed by atoms with Crippen molar-refractivity contribution < 1.29 is 28.6 Å². The van der Waals surface area contributed by atoms with Gasteiger partial charge in [-0.15, -0.1) is 0 Å². The summed E-state index contributed by atoms with van der Waals surface area (Å²) < 4.78 is 24.5. The van der Waals surface area contributed by atoms with Crippen LogP contribution in [0.1, 0.15) is 11.3 Å². The lowest BCUT2D eigenvalue weighted by atomic mass is 10.0. The second-order valence-corrected chi connectivity index (χ2v) is 6.55. The van der Waals surface area contributed by atoms with Gasteiger partial charge in [0.1, 0.15) is 11.9 Å². The van der Waals surface area contributed by atoms with Gasteiger partial charge in [-0.1, -0.05) is 0 Å². The van der Waals surface area contributed by atoms with Crippen LogP contribution in [0.4, 0.5) is 4.39 Å². The van der Waals surface area contributed by atoms with Crippen molar-refractivity contribution in [1.29, 1.82) is 0 Å². The lowest BCUT2D eigenvalue weighted by Crippen LogP contribution is -2.33. The molecule has 1 heterocycles. The number of carboxylic acids is 1. The van der Waals surface area contributed by atoms with Crippen LogP contribution in [0.25, 0.3) is 10.9 Å². The van der Waals surface area contributed by atoms with Gasteiger partial charge in [0.15, 0.2) is 0 Å². The minimum Gasteiger partial charge on any atom is -0.480 e. The Labute approximate surface area is 124 Å². The molecule has 1 aromatic carbocycles. The highest BCUT2D eigenvalue weighted by Gasteiger charge is 2.21. The first-order chi connectivity index (χ1) is 10.2. The molecule has 0 amide bonds. The Morgan fingerprint density at radius 3 is 2.64 bits per heavy atom. The Kier molecular flexibility index (Phi) is 4.58. The van der Waals surface area contributed by atoms with Crippen LogP contribution in [-0.4, -0.2) is 31.9 Å². The molecule has 0 fully saturated rings. The molecule has 0 unspecified atom stereocenters. The predicted octanol–water partition coefficient (Wildman–Crippen LogP) is 1.01. The zero-order valence-corrected chi connectivity index (χ0v) is 12.2. The summed E-state index contributed by atoms with van der Waals surface area (Å²) in [5.74, 6) is -1.76. The summed E-state index contributed by atoms with van der Waals surface area (Å²) in [7, 11) is -4.39. The van der Waals surface area contributed by atoms with Gasteiger partial charge in [0, 0.05) is 17.5 Å². The Bertz CT molecular complexity index is 776. The summed E-state index contributed by atoms with van der Waals surface area (Å²) in [5.41, 5.74) is 6.18. The van der Waals surface area contributed by atoms with Crippen molar-refractivity contribution in [2.45, 2.75) is 18.6 Å². The average Bonchev–Trinajstić information content (AvgIpc) is 2.37. The van der Waals surface area contributed by atoms with Gasteiger partial charge in [-0.25, -0.2) is 4.39 Å². The van der Waals surface area contributed by atoms with Crippen molar-refractivity contribution in [2.24, 2.45) is 5.73 Å². The van der Waals surface area contributed by atoms with Crippen LogP contribution in [0, 0.1) is 5.82 Å². The van der Waals surface area contributed by atoms with Gasteiger partial charge in [-0.2, -0.15) is 0 Å². The molecule has 5 N–H and O–H groups in total. The van der Waals surface area contributed by atoms with E-state index in [-0.39, 0.29) is 17.7 Å². The fraction of sp³-hybridized carbons (Fsp3) is 0.231. The number of fused-ring (bicyclic) bond motifs is 1. The highest BCUT2D eigenvalue weighted by molar-refractivity contribution is 7.50. The van der Waals surface area contributed by atoms with E-state index < -0.39 is 31.6 Å². The largest absolute Gasteiger partial charge is 0.480 e. The van der Waals surface area contributed by atoms with Crippen LogP contribution < -0.4 is 5.73 Å². The van der Waals surface area contributed by atoms with Crippen LogP contribution >= 0.6 is 7.60 Å². The van der Waals surface area contributed by atoms with E-state index in [1.54, 1.807) is 0 Å². The van der Waals surface area contributed by atoms with Crippen molar-refractivity contribution in [3.05, 3.63) is 41.3 Å². The third-order valence-corrected chi connectivity index (χ3v) is 3.80. The molecule has 22 heavy (non-hydrogen) atoms. The number of rotatable bonds is 5. The van der Waals surface area contributed by atoms with E-state index in [0.29, 0.717) is 10.9 Å². The summed E-state index contributed by atoms with van der Waals surface area (Å²) in [5, 5.41) is 9.23. The number of nitrogens with two attached hydrogens (primary N) is 1. The summed E-state index contributed by atoms with van der Waals surface area (Å²) in [6.07, 6.45) is -0.799. The van der Waals surface area contributed by atoms with E-state index in [2.05, 4.69) is 4.98 Å². The second-order valence-electron chi connectivity index (χ2n) is 4.90.